The summed E-state index contributed by atoms with van der Waals surface area (Å²) >= 11 is 5.84. The van der Waals surface area contributed by atoms with Crippen molar-refractivity contribution in [3.8, 4) is 0 Å². The minimum atomic E-state index is -3.69. The zero-order valence-electron chi connectivity index (χ0n) is 15.5. The zero-order valence-corrected chi connectivity index (χ0v) is 17.1. The summed E-state index contributed by atoms with van der Waals surface area (Å²) in [5, 5.41) is 0.459. The standard InChI is InChI=1S/C20H22ClFN2O3S/c1-23(13-15-5-2-3-7-19(15)22)20(25)16-6-4-12-24(14-16)28(26,27)18-10-8-17(21)9-11-18/h2-3,5,7-11,16H,4,6,12-14H2,1H3/t16-/m1/s1. The first-order valence-electron chi connectivity index (χ1n) is 9.03. The summed E-state index contributed by atoms with van der Waals surface area (Å²) in [4.78, 5) is 14.4. The summed E-state index contributed by atoms with van der Waals surface area (Å²) in [5.74, 6) is -0.996. The van der Waals surface area contributed by atoms with Crippen molar-refractivity contribution in [1.82, 2.24) is 9.21 Å². The van der Waals surface area contributed by atoms with E-state index in [1.54, 1.807) is 25.2 Å². The van der Waals surface area contributed by atoms with Crippen LogP contribution in [0.5, 0.6) is 0 Å². The van der Waals surface area contributed by atoms with Gasteiger partial charge >= 0.3 is 0 Å². The summed E-state index contributed by atoms with van der Waals surface area (Å²) in [6, 6.07) is 12.3. The quantitative estimate of drug-likeness (QED) is 0.737. The van der Waals surface area contributed by atoms with Gasteiger partial charge in [0.2, 0.25) is 15.9 Å². The maximum atomic E-state index is 13.9. The van der Waals surface area contributed by atoms with Crippen molar-refractivity contribution in [3.63, 3.8) is 0 Å². The van der Waals surface area contributed by atoms with Crippen LogP contribution in [0.3, 0.4) is 0 Å². The smallest absolute Gasteiger partial charge is 0.243 e. The molecule has 1 heterocycles. The predicted octanol–water partition coefficient (Wildman–Crippen LogP) is 3.54. The molecule has 1 aliphatic heterocycles. The Hall–Kier alpha value is -1.96. The van der Waals surface area contributed by atoms with Crippen molar-refractivity contribution >= 4 is 27.5 Å². The van der Waals surface area contributed by atoms with Gasteiger partial charge in [-0.15, -0.1) is 0 Å². The molecule has 0 unspecified atom stereocenters. The minimum absolute atomic E-state index is 0.116. The van der Waals surface area contributed by atoms with Crippen LogP contribution in [0.25, 0.3) is 0 Å². The monoisotopic (exact) mass is 424 g/mol. The van der Waals surface area contributed by atoms with Gasteiger partial charge < -0.3 is 4.90 Å². The number of hydrogen-bond acceptors (Lipinski definition) is 3. The molecule has 2 aromatic carbocycles. The van der Waals surface area contributed by atoms with Crippen molar-refractivity contribution in [2.75, 3.05) is 20.1 Å². The lowest BCUT2D eigenvalue weighted by Crippen LogP contribution is -2.45. The molecule has 0 radical (unpaired) electrons. The third-order valence-corrected chi connectivity index (χ3v) is 7.06. The number of amides is 1. The van der Waals surface area contributed by atoms with Crippen LogP contribution in [0.2, 0.25) is 5.02 Å². The second kappa shape index (κ2) is 8.59. The molecule has 0 saturated carbocycles. The molecule has 3 rings (SSSR count). The van der Waals surface area contributed by atoms with Gasteiger partial charge in [-0.05, 0) is 43.2 Å². The fourth-order valence-corrected chi connectivity index (χ4v) is 5.04. The number of nitrogens with zero attached hydrogens (tertiary/aromatic N) is 2. The van der Waals surface area contributed by atoms with Crippen LogP contribution in [0.1, 0.15) is 18.4 Å². The lowest BCUT2D eigenvalue weighted by Gasteiger charge is -2.33. The molecule has 1 aliphatic rings. The average Bonchev–Trinajstić information content (AvgIpc) is 2.69. The highest BCUT2D eigenvalue weighted by Gasteiger charge is 2.34. The number of sulfonamides is 1. The SMILES string of the molecule is CN(Cc1ccccc1F)C(=O)[C@@H]1CCCN(S(=O)(=O)c2ccc(Cl)cc2)C1. The van der Waals surface area contributed by atoms with E-state index < -0.39 is 15.9 Å². The highest BCUT2D eigenvalue weighted by atomic mass is 35.5. The first-order valence-corrected chi connectivity index (χ1v) is 10.8. The number of rotatable bonds is 5. The summed E-state index contributed by atoms with van der Waals surface area (Å²) in [5.41, 5.74) is 0.430. The van der Waals surface area contributed by atoms with Gasteiger partial charge in [0.25, 0.3) is 0 Å². The van der Waals surface area contributed by atoms with E-state index in [1.165, 1.54) is 39.5 Å². The van der Waals surface area contributed by atoms with Crippen molar-refractivity contribution in [2.45, 2.75) is 24.3 Å². The Morgan fingerprint density at radius 1 is 1.21 bits per heavy atom. The van der Waals surface area contributed by atoms with Crippen LogP contribution in [0.4, 0.5) is 4.39 Å². The first kappa shape index (κ1) is 20.8. The van der Waals surface area contributed by atoms with E-state index >= 15 is 0 Å². The van der Waals surface area contributed by atoms with Crippen molar-refractivity contribution in [1.29, 1.82) is 0 Å². The van der Waals surface area contributed by atoms with E-state index in [-0.39, 0.29) is 29.7 Å². The first-order chi connectivity index (χ1) is 13.3. The molecule has 0 N–H and O–H groups in total. The van der Waals surface area contributed by atoms with Crippen LogP contribution >= 0.6 is 11.6 Å². The fraction of sp³-hybridized carbons (Fsp3) is 0.350. The van der Waals surface area contributed by atoms with Crippen LogP contribution in [0, 0.1) is 11.7 Å². The molecule has 0 aromatic heterocycles. The van der Waals surface area contributed by atoms with E-state index in [0.29, 0.717) is 30.0 Å². The number of piperidine rings is 1. The maximum Gasteiger partial charge on any atom is 0.243 e. The van der Waals surface area contributed by atoms with Crippen molar-refractivity contribution in [2.24, 2.45) is 5.92 Å². The van der Waals surface area contributed by atoms with Gasteiger partial charge in [0, 0.05) is 37.3 Å². The molecule has 1 amide bonds. The van der Waals surface area contributed by atoms with E-state index in [0.717, 1.165) is 0 Å². The Morgan fingerprint density at radius 3 is 2.57 bits per heavy atom. The highest BCUT2D eigenvalue weighted by Crippen LogP contribution is 2.26. The Balaban J connectivity index is 1.71. The maximum absolute atomic E-state index is 13.9. The number of carbonyl (C=O) groups excluding carboxylic acids is 1. The summed E-state index contributed by atoms with van der Waals surface area (Å²) < 4.78 is 41.0. The molecular formula is C20H22ClFN2O3S. The Morgan fingerprint density at radius 2 is 1.89 bits per heavy atom. The lowest BCUT2D eigenvalue weighted by atomic mass is 9.98. The highest BCUT2D eigenvalue weighted by molar-refractivity contribution is 7.89. The van der Waals surface area contributed by atoms with Crippen LogP contribution < -0.4 is 0 Å². The van der Waals surface area contributed by atoms with Crippen LogP contribution in [-0.4, -0.2) is 43.7 Å². The second-order valence-electron chi connectivity index (χ2n) is 6.94. The number of benzene rings is 2. The molecule has 28 heavy (non-hydrogen) atoms. The largest absolute Gasteiger partial charge is 0.341 e. The predicted molar refractivity (Wildman–Crippen MR) is 106 cm³/mol. The average molecular weight is 425 g/mol. The molecule has 2 aromatic rings. The Bertz CT molecular complexity index is 950. The van der Waals surface area contributed by atoms with Crippen molar-refractivity contribution < 1.29 is 17.6 Å². The molecule has 150 valence electrons. The van der Waals surface area contributed by atoms with Crippen LogP contribution in [-0.2, 0) is 21.4 Å². The Labute approximate surface area is 169 Å². The lowest BCUT2D eigenvalue weighted by molar-refractivity contribution is -0.135. The summed E-state index contributed by atoms with van der Waals surface area (Å²) in [6.45, 7) is 0.628. The fourth-order valence-electron chi connectivity index (χ4n) is 3.39. The topological polar surface area (TPSA) is 57.7 Å². The summed E-state index contributed by atoms with van der Waals surface area (Å²) in [6.07, 6.45) is 1.20. The molecule has 1 saturated heterocycles. The van der Waals surface area contributed by atoms with E-state index in [2.05, 4.69) is 0 Å². The Kier molecular flexibility index (Phi) is 6.37. The van der Waals surface area contributed by atoms with Gasteiger partial charge in [-0.1, -0.05) is 29.8 Å². The molecule has 0 bridgehead atoms. The molecular weight excluding hydrogens is 403 g/mol. The molecule has 8 heteroatoms. The van der Waals surface area contributed by atoms with Gasteiger partial charge in [0.1, 0.15) is 5.82 Å². The minimum Gasteiger partial charge on any atom is -0.341 e. The molecule has 0 spiro atoms. The molecule has 1 fully saturated rings. The van der Waals surface area contributed by atoms with Crippen LogP contribution in [0.15, 0.2) is 53.4 Å². The van der Waals surface area contributed by atoms with E-state index in [9.17, 15) is 17.6 Å². The second-order valence-corrected chi connectivity index (χ2v) is 9.32. The number of carbonyl (C=O) groups is 1. The van der Waals surface area contributed by atoms with Gasteiger partial charge in [-0.3, -0.25) is 4.79 Å². The van der Waals surface area contributed by atoms with Gasteiger partial charge in [-0.2, -0.15) is 4.31 Å². The van der Waals surface area contributed by atoms with Gasteiger partial charge in [0.15, 0.2) is 0 Å². The number of hydrogen-bond donors (Lipinski definition) is 0. The number of halogens is 2. The van der Waals surface area contributed by atoms with Gasteiger partial charge in [0.05, 0.1) is 10.8 Å². The van der Waals surface area contributed by atoms with Crippen molar-refractivity contribution in [3.05, 3.63) is 64.9 Å². The summed E-state index contributed by atoms with van der Waals surface area (Å²) in [7, 11) is -2.08. The van der Waals surface area contributed by atoms with E-state index in [1.807, 2.05) is 0 Å². The molecule has 0 aliphatic carbocycles. The third-order valence-electron chi connectivity index (χ3n) is 4.93. The molecule has 5 nitrogen and oxygen atoms in total. The normalized spacial score (nSPS) is 18.0. The van der Waals surface area contributed by atoms with E-state index in [4.69, 9.17) is 11.6 Å². The van der Waals surface area contributed by atoms with Gasteiger partial charge in [-0.25, -0.2) is 12.8 Å². The third kappa shape index (κ3) is 4.54. The zero-order chi connectivity index (χ0) is 20.3. The molecule has 1 atom stereocenters.